The summed E-state index contributed by atoms with van der Waals surface area (Å²) in [6.07, 6.45) is 0. The topological polar surface area (TPSA) is 38.0 Å². The molecular weight excluding hydrogens is 251 g/mol. The summed E-state index contributed by atoms with van der Waals surface area (Å²) in [4.78, 5) is 0. The van der Waals surface area contributed by atoms with Crippen molar-refractivity contribution in [2.45, 2.75) is 13.1 Å². The molecule has 0 fully saturated rings. The van der Waals surface area contributed by atoms with Crippen molar-refractivity contribution in [1.82, 2.24) is 0 Å². The van der Waals surface area contributed by atoms with Crippen molar-refractivity contribution >= 4 is 17.3 Å². The molecular formula is C14H14ClFN2. The number of nitrogens with two attached hydrogens (primary N) is 1. The molecule has 18 heavy (non-hydrogen) atoms. The first-order valence-electron chi connectivity index (χ1n) is 5.66. The monoisotopic (exact) mass is 264 g/mol. The van der Waals surface area contributed by atoms with E-state index < -0.39 is 0 Å². The molecule has 4 heteroatoms. The maximum atomic E-state index is 13.5. The lowest BCUT2D eigenvalue weighted by Gasteiger charge is -2.08. The average molecular weight is 265 g/mol. The Labute approximate surface area is 111 Å². The standard InChI is InChI=1S/C14H14ClFN2/c15-12-5-6-13(16)14(7-12)18-9-11-3-1-10(8-17)2-4-11/h1-7,18H,8-9,17H2. The van der Waals surface area contributed by atoms with Crippen molar-refractivity contribution < 1.29 is 4.39 Å². The predicted molar refractivity (Wildman–Crippen MR) is 73.1 cm³/mol. The summed E-state index contributed by atoms with van der Waals surface area (Å²) in [7, 11) is 0. The molecule has 0 aliphatic heterocycles. The molecule has 0 saturated heterocycles. The number of hydrogen-bond donors (Lipinski definition) is 2. The van der Waals surface area contributed by atoms with Crippen molar-refractivity contribution in [2.75, 3.05) is 5.32 Å². The van der Waals surface area contributed by atoms with Crippen LogP contribution in [0.1, 0.15) is 11.1 Å². The maximum Gasteiger partial charge on any atom is 0.146 e. The molecule has 2 nitrogen and oxygen atoms in total. The molecule has 0 atom stereocenters. The smallest absolute Gasteiger partial charge is 0.146 e. The fourth-order valence-corrected chi connectivity index (χ4v) is 1.80. The Hall–Kier alpha value is -1.58. The molecule has 0 bridgehead atoms. The first kappa shape index (κ1) is 12.9. The van der Waals surface area contributed by atoms with E-state index in [1.54, 1.807) is 6.07 Å². The molecule has 0 aromatic heterocycles. The zero-order valence-corrected chi connectivity index (χ0v) is 10.5. The minimum atomic E-state index is -0.307. The van der Waals surface area contributed by atoms with Crippen LogP contribution >= 0.6 is 11.6 Å². The highest BCUT2D eigenvalue weighted by Gasteiger charge is 2.02. The first-order valence-corrected chi connectivity index (χ1v) is 6.03. The molecule has 0 aliphatic rings. The van der Waals surface area contributed by atoms with E-state index in [4.69, 9.17) is 17.3 Å². The van der Waals surface area contributed by atoms with Crippen LogP contribution in [0.5, 0.6) is 0 Å². The summed E-state index contributed by atoms with van der Waals surface area (Å²) in [5, 5.41) is 3.53. The molecule has 0 amide bonds. The molecule has 0 saturated carbocycles. The van der Waals surface area contributed by atoms with Crippen LogP contribution in [0.2, 0.25) is 5.02 Å². The maximum absolute atomic E-state index is 13.5. The zero-order valence-electron chi connectivity index (χ0n) is 9.79. The van der Waals surface area contributed by atoms with Crippen LogP contribution in [-0.2, 0) is 13.1 Å². The minimum Gasteiger partial charge on any atom is -0.379 e. The first-order chi connectivity index (χ1) is 8.69. The molecule has 2 rings (SSSR count). The van der Waals surface area contributed by atoms with Crippen molar-refractivity contribution in [3.63, 3.8) is 0 Å². The summed E-state index contributed by atoms with van der Waals surface area (Å²) in [5.74, 6) is -0.307. The van der Waals surface area contributed by atoms with E-state index in [9.17, 15) is 4.39 Å². The molecule has 0 unspecified atom stereocenters. The van der Waals surface area contributed by atoms with Crippen LogP contribution in [0, 0.1) is 5.82 Å². The fourth-order valence-electron chi connectivity index (χ4n) is 1.62. The van der Waals surface area contributed by atoms with E-state index in [0.29, 0.717) is 23.8 Å². The van der Waals surface area contributed by atoms with Gasteiger partial charge in [-0.1, -0.05) is 35.9 Å². The Bertz CT molecular complexity index is 526. The summed E-state index contributed by atoms with van der Waals surface area (Å²) in [5.41, 5.74) is 8.07. The van der Waals surface area contributed by atoms with Gasteiger partial charge in [-0.2, -0.15) is 0 Å². The Morgan fingerprint density at radius 2 is 1.72 bits per heavy atom. The summed E-state index contributed by atoms with van der Waals surface area (Å²) in [6, 6.07) is 12.3. The number of hydrogen-bond acceptors (Lipinski definition) is 2. The van der Waals surface area contributed by atoms with Gasteiger partial charge in [-0.15, -0.1) is 0 Å². The van der Waals surface area contributed by atoms with Gasteiger partial charge in [0.25, 0.3) is 0 Å². The van der Waals surface area contributed by atoms with Gasteiger partial charge in [0.05, 0.1) is 5.69 Å². The van der Waals surface area contributed by atoms with Crippen LogP contribution in [0.25, 0.3) is 0 Å². The largest absolute Gasteiger partial charge is 0.379 e. The number of halogens is 2. The summed E-state index contributed by atoms with van der Waals surface area (Å²) >= 11 is 5.82. The second-order valence-electron chi connectivity index (χ2n) is 4.00. The lowest BCUT2D eigenvalue weighted by Crippen LogP contribution is -2.02. The van der Waals surface area contributed by atoms with E-state index in [-0.39, 0.29) is 5.82 Å². The van der Waals surface area contributed by atoms with Crippen LogP contribution < -0.4 is 11.1 Å². The molecule has 2 aromatic rings. The van der Waals surface area contributed by atoms with E-state index in [1.165, 1.54) is 12.1 Å². The van der Waals surface area contributed by atoms with Crippen LogP contribution in [-0.4, -0.2) is 0 Å². The van der Waals surface area contributed by atoms with Gasteiger partial charge in [0.1, 0.15) is 5.82 Å². The highest BCUT2D eigenvalue weighted by molar-refractivity contribution is 6.30. The Balaban J connectivity index is 2.04. The lowest BCUT2D eigenvalue weighted by atomic mass is 10.1. The Kier molecular flexibility index (Phi) is 4.18. The van der Waals surface area contributed by atoms with Gasteiger partial charge in [0, 0.05) is 18.1 Å². The minimum absolute atomic E-state index is 0.307. The van der Waals surface area contributed by atoms with Crippen LogP contribution in [0.15, 0.2) is 42.5 Å². The molecule has 0 radical (unpaired) electrons. The van der Waals surface area contributed by atoms with Gasteiger partial charge < -0.3 is 11.1 Å². The zero-order chi connectivity index (χ0) is 13.0. The van der Waals surface area contributed by atoms with Crippen molar-refractivity contribution in [1.29, 1.82) is 0 Å². The highest BCUT2D eigenvalue weighted by atomic mass is 35.5. The second-order valence-corrected chi connectivity index (χ2v) is 4.43. The molecule has 94 valence electrons. The van der Waals surface area contributed by atoms with Crippen molar-refractivity contribution in [3.8, 4) is 0 Å². The van der Waals surface area contributed by atoms with Crippen molar-refractivity contribution in [2.24, 2.45) is 5.73 Å². The van der Waals surface area contributed by atoms with Gasteiger partial charge in [0.2, 0.25) is 0 Å². The van der Waals surface area contributed by atoms with E-state index in [1.807, 2.05) is 24.3 Å². The normalized spacial score (nSPS) is 10.4. The molecule has 2 aromatic carbocycles. The van der Waals surface area contributed by atoms with E-state index >= 15 is 0 Å². The summed E-state index contributed by atoms with van der Waals surface area (Å²) < 4.78 is 13.5. The third-order valence-electron chi connectivity index (χ3n) is 2.67. The SMILES string of the molecule is NCc1ccc(CNc2cc(Cl)ccc2F)cc1. The van der Waals surface area contributed by atoms with Crippen molar-refractivity contribution in [3.05, 3.63) is 64.4 Å². The van der Waals surface area contributed by atoms with Crippen LogP contribution in [0.3, 0.4) is 0 Å². The number of rotatable bonds is 4. The van der Waals surface area contributed by atoms with Crippen LogP contribution in [0.4, 0.5) is 10.1 Å². The number of nitrogens with one attached hydrogen (secondary N) is 1. The van der Waals surface area contributed by atoms with Gasteiger partial charge in [-0.3, -0.25) is 0 Å². The highest BCUT2D eigenvalue weighted by Crippen LogP contribution is 2.20. The summed E-state index contributed by atoms with van der Waals surface area (Å²) in [6.45, 7) is 1.07. The molecule has 3 N–H and O–H groups in total. The number of anilines is 1. The fraction of sp³-hybridized carbons (Fsp3) is 0.143. The molecule has 0 spiro atoms. The van der Waals surface area contributed by atoms with E-state index in [2.05, 4.69) is 5.32 Å². The Morgan fingerprint density at radius 3 is 2.39 bits per heavy atom. The predicted octanol–water partition coefficient (Wildman–Crippen LogP) is 3.55. The van der Waals surface area contributed by atoms with E-state index in [0.717, 1.165) is 11.1 Å². The third-order valence-corrected chi connectivity index (χ3v) is 2.91. The lowest BCUT2D eigenvalue weighted by molar-refractivity contribution is 0.630. The second kappa shape index (κ2) is 5.85. The molecule has 0 heterocycles. The Morgan fingerprint density at radius 1 is 1.06 bits per heavy atom. The van der Waals surface area contributed by atoms with Gasteiger partial charge >= 0.3 is 0 Å². The van der Waals surface area contributed by atoms with Gasteiger partial charge in [0.15, 0.2) is 0 Å². The quantitative estimate of drug-likeness (QED) is 0.886. The average Bonchev–Trinajstić information content (AvgIpc) is 2.40. The third kappa shape index (κ3) is 3.22. The number of benzene rings is 2. The van der Waals surface area contributed by atoms with Gasteiger partial charge in [-0.05, 0) is 29.3 Å². The van der Waals surface area contributed by atoms with Gasteiger partial charge in [-0.25, -0.2) is 4.39 Å². The molecule has 0 aliphatic carbocycles.